The van der Waals surface area contributed by atoms with Gasteiger partial charge in [0.15, 0.2) is 0 Å². The monoisotopic (exact) mass is 342 g/mol. The van der Waals surface area contributed by atoms with Crippen LogP contribution in [0, 0.1) is 0 Å². The third-order valence-corrected chi connectivity index (χ3v) is 5.89. The summed E-state index contributed by atoms with van der Waals surface area (Å²) in [6.45, 7) is 2.75. The summed E-state index contributed by atoms with van der Waals surface area (Å²) in [5.74, 6) is 0. The molecule has 3 fully saturated rings. The molecular formula is C18H34N2S2. The average molecular weight is 343 g/mol. The summed E-state index contributed by atoms with van der Waals surface area (Å²) >= 11 is 10.6. The zero-order valence-corrected chi connectivity index (χ0v) is 15.7. The number of thiocarbonyl (C=S) groups is 1. The first-order valence-corrected chi connectivity index (χ1v) is 10.4. The van der Waals surface area contributed by atoms with Gasteiger partial charge in [-0.2, -0.15) is 0 Å². The normalized spacial score (nSPS) is 24.2. The van der Waals surface area contributed by atoms with Crippen molar-refractivity contribution in [3.05, 3.63) is 0 Å². The van der Waals surface area contributed by atoms with Gasteiger partial charge in [-0.25, -0.2) is 0 Å². The second-order valence-corrected chi connectivity index (χ2v) is 8.22. The van der Waals surface area contributed by atoms with Gasteiger partial charge in [0.05, 0.1) is 13.1 Å². The highest BCUT2D eigenvalue weighted by atomic mass is 32.1. The number of quaternary nitrogens is 1. The fraction of sp³-hybridized carbons (Fsp3) is 0.944. The first kappa shape index (κ1) is 18.4. The molecule has 3 aliphatic rings. The minimum Gasteiger partial charge on any atom is -0.411 e. The van der Waals surface area contributed by atoms with Gasteiger partial charge < -0.3 is 35.1 Å². The van der Waals surface area contributed by atoms with Crippen LogP contribution in [0.4, 0.5) is 0 Å². The number of hydrogen-bond acceptors (Lipinski definition) is 2. The van der Waals surface area contributed by atoms with Crippen molar-refractivity contribution < 1.29 is 5.32 Å². The maximum absolute atomic E-state index is 5.32. The van der Waals surface area contributed by atoms with Crippen molar-refractivity contribution in [1.29, 1.82) is 0 Å². The third-order valence-electron chi connectivity index (χ3n) is 5.46. The van der Waals surface area contributed by atoms with Gasteiger partial charge in [-0.15, -0.1) is 0 Å². The number of piperidine rings is 1. The Morgan fingerprint density at radius 3 is 1.41 bits per heavy atom. The molecule has 3 rings (SSSR count). The lowest BCUT2D eigenvalue weighted by Gasteiger charge is -2.45. The SMILES string of the molecule is C1CC[NH2+]CC1.S=C([S-])N(C1CCCCC1)C1CCCCC1. The fourth-order valence-electron chi connectivity index (χ4n) is 4.21. The molecule has 4 heteroatoms. The highest BCUT2D eigenvalue weighted by molar-refractivity contribution is 8.00. The number of nitrogens with two attached hydrogens (primary N) is 1. The van der Waals surface area contributed by atoms with E-state index in [1.165, 1.54) is 96.6 Å². The van der Waals surface area contributed by atoms with Crippen molar-refractivity contribution >= 4 is 29.2 Å². The molecule has 2 aliphatic carbocycles. The highest BCUT2D eigenvalue weighted by Gasteiger charge is 2.26. The second-order valence-electron chi connectivity index (χ2n) is 7.18. The van der Waals surface area contributed by atoms with Crippen LogP contribution in [0.5, 0.6) is 0 Å². The van der Waals surface area contributed by atoms with Crippen LogP contribution in [0.3, 0.4) is 0 Å². The van der Waals surface area contributed by atoms with E-state index in [1.807, 2.05) is 0 Å². The van der Waals surface area contributed by atoms with E-state index in [4.69, 9.17) is 24.8 Å². The Balaban J connectivity index is 0.000000246. The van der Waals surface area contributed by atoms with E-state index in [-0.39, 0.29) is 0 Å². The summed E-state index contributed by atoms with van der Waals surface area (Å²) in [5.41, 5.74) is 0. The summed E-state index contributed by atoms with van der Waals surface area (Å²) in [6.07, 6.45) is 17.9. The lowest BCUT2D eigenvalue weighted by atomic mass is 9.89. The molecule has 0 unspecified atom stereocenters. The molecule has 0 spiro atoms. The van der Waals surface area contributed by atoms with Crippen LogP contribution in [0.1, 0.15) is 83.5 Å². The van der Waals surface area contributed by atoms with E-state index >= 15 is 0 Å². The first-order chi connectivity index (χ1) is 10.8. The maximum Gasteiger partial charge on any atom is 0.0755 e. The molecule has 0 amide bonds. The number of nitrogens with zero attached hydrogens (tertiary/aromatic N) is 1. The summed E-state index contributed by atoms with van der Waals surface area (Å²) < 4.78 is 0.735. The van der Waals surface area contributed by atoms with Gasteiger partial charge in [0, 0.05) is 12.1 Å². The van der Waals surface area contributed by atoms with Crippen LogP contribution < -0.4 is 5.32 Å². The lowest BCUT2D eigenvalue weighted by Crippen LogP contribution is -2.85. The van der Waals surface area contributed by atoms with E-state index in [0.29, 0.717) is 12.1 Å². The van der Waals surface area contributed by atoms with E-state index < -0.39 is 0 Å². The van der Waals surface area contributed by atoms with Crippen LogP contribution in [-0.2, 0) is 12.6 Å². The topological polar surface area (TPSA) is 19.9 Å². The molecule has 0 radical (unpaired) electrons. The molecule has 1 aliphatic heterocycles. The lowest BCUT2D eigenvalue weighted by molar-refractivity contribution is -0.662. The molecule has 1 heterocycles. The smallest absolute Gasteiger partial charge is 0.0755 e. The van der Waals surface area contributed by atoms with E-state index in [9.17, 15) is 0 Å². The zero-order chi connectivity index (χ0) is 15.6. The van der Waals surface area contributed by atoms with E-state index in [2.05, 4.69) is 10.2 Å². The maximum atomic E-state index is 5.32. The first-order valence-electron chi connectivity index (χ1n) is 9.60. The number of rotatable bonds is 2. The van der Waals surface area contributed by atoms with Crippen molar-refractivity contribution in [2.45, 2.75) is 95.6 Å². The quantitative estimate of drug-likeness (QED) is 0.612. The average Bonchev–Trinajstić information content (AvgIpc) is 2.59. The van der Waals surface area contributed by atoms with E-state index in [0.717, 1.165) is 4.32 Å². The molecule has 1 saturated heterocycles. The van der Waals surface area contributed by atoms with Gasteiger partial charge in [-0.05, 0) is 44.9 Å². The van der Waals surface area contributed by atoms with Crippen molar-refractivity contribution in [3.63, 3.8) is 0 Å². The molecular weight excluding hydrogens is 308 g/mol. The van der Waals surface area contributed by atoms with Gasteiger partial charge in [-0.1, -0.05) is 42.8 Å². The van der Waals surface area contributed by atoms with Crippen molar-refractivity contribution in [3.8, 4) is 0 Å². The van der Waals surface area contributed by atoms with E-state index in [1.54, 1.807) is 0 Å². The van der Waals surface area contributed by atoms with Gasteiger partial charge in [0.2, 0.25) is 0 Å². The molecule has 22 heavy (non-hydrogen) atoms. The molecule has 0 aromatic rings. The summed E-state index contributed by atoms with van der Waals surface area (Å²) in [4.78, 5) is 2.43. The molecule has 2 saturated carbocycles. The molecule has 0 atom stereocenters. The van der Waals surface area contributed by atoms with Crippen LogP contribution in [0.15, 0.2) is 0 Å². The van der Waals surface area contributed by atoms with Gasteiger partial charge in [-0.3, -0.25) is 0 Å². The van der Waals surface area contributed by atoms with Crippen molar-refractivity contribution in [1.82, 2.24) is 4.90 Å². The Labute approximate surface area is 148 Å². The zero-order valence-electron chi connectivity index (χ0n) is 14.1. The fourth-order valence-corrected chi connectivity index (χ4v) is 4.81. The van der Waals surface area contributed by atoms with Crippen molar-refractivity contribution in [2.75, 3.05) is 13.1 Å². The second kappa shape index (κ2) is 10.8. The Bertz CT molecular complexity index is 277. The molecule has 0 aromatic carbocycles. The predicted molar refractivity (Wildman–Crippen MR) is 101 cm³/mol. The Hall–Kier alpha value is 0.0700. The van der Waals surface area contributed by atoms with Crippen LogP contribution >= 0.6 is 12.2 Å². The summed E-state index contributed by atoms with van der Waals surface area (Å²) in [5, 5.41) is 2.39. The molecule has 128 valence electrons. The Morgan fingerprint density at radius 1 is 0.727 bits per heavy atom. The summed E-state index contributed by atoms with van der Waals surface area (Å²) in [7, 11) is 0. The Kier molecular flexibility index (Phi) is 9.01. The third kappa shape index (κ3) is 6.29. The van der Waals surface area contributed by atoms with Crippen LogP contribution in [0.25, 0.3) is 0 Å². The predicted octanol–water partition coefficient (Wildman–Crippen LogP) is 3.52. The van der Waals surface area contributed by atoms with Gasteiger partial charge in [0.25, 0.3) is 0 Å². The minimum absolute atomic E-state index is 0.668. The van der Waals surface area contributed by atoms with Gasteiger partial charge in [0.1, 0.15) is 0 Å². The number of hydrogen-bond donors (Lipinski definition) is 1. The standard InChI is InChI=1S/C13H23NS2.C5H11N/c15-13(16)14(11-7-3-1-4-8-11)12-9-5-2-6-10-12;1-2-4-6-5-3-1/h11-12H,1-10H2,(H,15,16);6H,1-5H2. The Morgan fingerprint density at radius 2 is 1.14 bits per heavy atom. The molecule has 2 nitrogen and oxygen atoms in total. The summed E-state index contributed by atoms with van der Waals surface area (Å²) in [6, 6.07) is 1.34. The highest BCUT2D eigenvalue weighted by Crippen LogP contribution is 2.30. The van der Waals surface area contributed by atoms with Crippen LogP contribution in [-0.4, -0.2) is 34.4 Å². The molecule has 0 bridgehead atoms. The van der Waals surface area contributed by atoms with Crippen molar-refractivity contribution in [2.24, 2.45) is 0 Å². The molecule has 2 N–H and O–H groups in total. The van der Waals surface area contributed by atoms with Crippen LogP contribution in [0.2, 0.25) is 0 Å². The van der Waals surface area contributed by atoms with Gasteiger partial charge >= 0.3 is 0 Å². The largest absolute Gasteiger partial charge is 0.411 e. The minimum atomic E-state index is 0.668. The molecule has 0 aromatic heterocycles.